The predicted molar refractivity (Wildman–Crippen MR) is 161 cm³/mol. The number of hydrogen-bond donors (Lipinski definition) is 1. The number of carbonyl (C=O) groups is 2. The Hall–Kier alpha value is -4.51. The molecule has 4 aromatic rings. The van der Waals surface area contributed by atoms with Crippen molar-refractivity contribution in [3.05, 3.63) is 93.6 Å². The number of esters is 1. The van der Waals surface area contributed by atoms with Gasteiger partial charge >= 0.3 is 11.9 Å². The van der Waals surface area contributed by atoms with E-state index in [4.69, 9.17) is 23.4 Å². The number of nitrogens with zero attached hydrogens (tertiary/aromatic N) is 2. The molecule has 1 N–H and O–H groups in total. The van der Waals surface area contributed by atoms with Gasteiger partial charge in [0.05, 0.1) is 19.9 Å². The van der Waals surface area contributed by atoms with E-state index in [1.54, 1.807) is 38.1 Å². The first-order valence-corrected chi connectivity index (χ1v) is 14.0. The van der Waals surface area contributed by atoms with Crippen molar-refractivity contribution in [3.8, 4) is 22.9 Å². The molecule has 0 saturated carbocycles. The molecule has 2 heterocycles. The SMILES string of the molecule is CCOC(=O)[C@@H](C)Oc1cc(Br)c(/C=N/NC(=O)c2ccc(COc3ccc(-n4c(C)ccc4C)cc3)o2)cc1OC. The molecule has 220 valence electrons. The molecule has 0 spiro atoms. The van der Waals surface area contributed by atoms with Crippen LogP contribution in [0.15, 0.2) is 74.7 Å². The van der Waals surface area contributed by atoms with Crippen LogP contribution in [0.4, 0.5) is 0 Å². The normalized spacial score (nSPS) is 11.8. The number of carbonyl (C=O) groups excluding carboxylic acids is 2. The number of aromatic nitrogens is 1. The fraction of sp³-hybridized carbons (Fsp3) is 0.258. The average molecular weight is 639 g/mol. The fourth-order valence-corrected chi connectivity index (χ4v) is 4.54. The first-order valence-electron chi connectivity index (χ1n) is 13.2. The lowest BCUT2D eigenvalue weighted by atomic mass is 10.2. The van der Waals surface area contributed by atoms with E-state index in [0.29, 0.717) is 33.0 Å². The van der Waals surface area contributed by atoms with Gasteiger partial charge in [-0.2, -0.15) is 5.10 Å². The van der Waals surface area contributed by atoms with Crippen LogP contribution in [0.3, 0.4) is 0 Å². The molecule has 0 saturated heterocycles. The highest BCUT2D eigenvalue weighted by Crippen LogP contribution is 2.33. The smallest absolute Gasteiger partial charge is 0.347 e. The molecule has 2 aromatic carbocycles. The lowest BCUT2D eigenvalue weighted by Gasteiger charge is -2.16. The standard InChI is InChI=1S/C31H32BrN3O7/c1-6-39-31(37)21(4)41-29-16-26(32)22(15-28(29)38-5)17-33-34-30(36)27-14-13-25(42-27)18-40-24-11-9-23(10-12-24)35-19(2)7-8-20(35)3/h7-17,21H,6,18H2,1-5H3,(H,34,36)/b33-17+/t21-/m1/s1. The number of aryl methyl sites for hydroxylation is 2. The van der Waals surface area contributed by atoms with Gasteiger partial charge in [-0.3, -0.25) is 4.79 Å². The number of hydrogen-bond acceptors (Lipinski definition) is 8. The van der Waals surface area contributed by atoms with E-state index in [-0.39, 0.29) is 19.0 Å². The van der Waals surface area contributed by atoms with Crippen LogP contribution >= 0.6 is 15.9 Å². The van der Waals surface area contributed by atoms with Gasteiger partial charge in [0.1, 0.15) is 18.1 Å². The molecule has 10 nitrogen and oxygen atoms in total. The Balaban J connectivity index is 1.32. The molecule has 0 aliphatic rings. The van der Waals surface area contributed by atoms with Crippen molar-refractivity contribution in [1.29, 1.82) is 0 Å². The molecular formula is C31H32BrN3O7. The minimum atomic E-state index is -0.822. The average Bonchev–Trinajstić information content (AvgIpc) is 3.59. The van der Waals surface area contributed by atoms with E-state index >= 15 is 0 Å². The van der Waals surface area contributed by atoms with Crippen LogP contribution in [0.5, 0.6) is 17.2 Å². The minimum absolute atomic E-state index is 0.0907. The topological polar surface area (TPSA) is 114 Å². The van der Waals surface area contributed by atoms with Crippen LogP contribution < -0.4 is 19.6 Å². The van der Waals surface area contributed by atoms with Crippen molar-refractivity contribution in [2.45, 2.75) is 40.4 Å². The van der Waals surface area contributed by atoms with E-state index in [1.807, 2.05) is 24.3 Å². The Kier molecular flexibility index (Phi) is 10.1. The first kappa shape index (κ1) is 30.4. The summed E-state index contributed by atoms with van der Waals surface area (Å²) in [5.41, 5.74) is 6.41. The summed E-state index contributed by atoms with van der Waals surface area (Å²) >= 11 is 3.45. The van der Waals surface area contributed by atoms with Crippen molar-refractivity contribution in [1.82, 2.24) is 9.99 Å². The van der Waals surface area contributed by atoms with E-state index < -0.39 is 18.0 Å². The Morgan fingerprint density at radius 2 is 1.76 bits per heavy atom. The highest BCUT2D eigenvalue weighted by Gasteiger charge is 2.19. The molecule has 0 fully saturated rings. The van der Waals surface area contributed by atoms with Gasteiger partial charge in [0.2, 0.25) is 0 Å². The Labute approximate surface area is 252 Å². The number of rotatable bonds is 12. The zero-order chi connectivity index (χ0) is 30.2. The third-order valence-corrected chi connectivity index (χ3v) is 6.89. The highest BCUT2D eigenvalue weighted by atomic mass is 79.9. The van der Waals surface area contributed by atoms with E-state index in [0.717, 1.165) is 17.1 Å². The molecular weight excluding hydrogens is 606 g/mol. The quantitative estimate of drug-likeness (QED) is 0.113. The minimum Gasteiger partial charge on any atom is -0.493 e. The van der Waals surface area contributed by atoms with Crippen molar-refractivity contribution >= 4 is 34.0 Å². The van der Waals surface area contributed by atoms with Gasteiger partial charge in [0, 0.05) is 27.1 Å². The maximum atomic E-state index is 12.6. The summed E-state index contributed by atoms with van der Waals surface area (Å²) in [6, 6.07) is 18.5. The summed E-state index contributed by atoms with van der Waals surface area (Å²) in [5.74, 6) is 0.981. The van der Waals surface area contributed by atoms with Crippen LogP contribution in [0.1, 0.15) is 47.1 Å². The van der Waals surface area contributed by atoms with Crippen LogP contribution in [-0.2, 0) is 16.1 Å². The highest BCUT2D eigenvalue weighted by molar-refractivity contribution is 9.10. The zero-order valence-electron chi connectivity index (χ0n) is 24.0. The summed E-state index contributed by atoms with van der Waals surface area (Å²) in [4.78, 5) is 24.5. The third kappa shape index (κ3) is 7.41. The number of nitrogens with one attached hydrogen (secondary N) is 1. The summed E-state index contributed by atoms with van der Waals surface area (Å²) in [6.07, 6.45) is 0.619. The molecule has 0 unspecified atom stereocenters. The lowest BCUT2D eigenvalue weighted by molar-refractivity contribution is -0.150. The number of halogens is 1. The van der Waals surface area contributed by atoms with Crippen LogP contribution in [0.25, 0.3) is 5.69 Å². The van der Waals surface area contributed by atoms with Crippen molar-refractivity contribution in [2.75, 3.05) is 13.7 Å². The molecule has 2 aromatic heterocycles. The largest absolute Gasteiger partial charge is 0.493 e. The maximum Gasteiger partial charge on any atom is 0.347 e. The summed E-state index contributed by atoms with van der Waals surface area (Å²) in [5, 5.41) is 4.02. The maximum absolute atomic E-state index is 12.6. The Morgan fingerprint density at radius 3 is 2.43 bits per heavy atom. The second kappa shape index (κ2) is 13.9. The zero-order valence-corrected chi connectivity index (χ0v) is 25.6. The number of hydrazone groups is 1. The second-order valence-electron chi connectivity index (χ2n) is 9.24. The van der Waals surface area contributed by atoms with Crippen molar-refractivity contribution < 1.29 is 33.0 Å². The summed E-state index contributed by atoms with van der Waals surface area (Å²) in [7, 11) is 1.48. The fourth-order valence-electron chi connectivity index (χ4n) is 4.11. The molecule has 42 heavy (non-hydrogen) atoms. The van der Waals surface area contributed by atoms with Crippen molar-refractivity contribution in [2.24, 2.45) is 5.10 Å². The molecule has 4 rings (SSSR count). The van der Waals surface area contributed by atoms with E-state index in [9.17, 15) is 9.59 Å². The molecule has 11 heteroatoms. The summed E-state index contributed by atoms with van der Waals surface area (Å²) in [6.45, 7) is 7.86. The number of methoxy groups -OCH3 is 1. The Morgan fingerprint density at radius 1 is 1.05 bits per heavy atom. The number of furan rings is 1. The number of amides is 1. The van der Waals surface area contributed by atoms with Gasteiger partial charge in [-0.05, 0) is 104 Å². The van der Waals surface area contributed by atoms with Gasteiger partial charge in [-0.1, -0.05) is 0 Å². The van der Waals surface area contributed by atoms with Crippen LogP contribution in [-0.4, -0.2) is 42.5 Å². The third-order valence-electron chi connectivity index (χ3n) is 6.21. The van der Waals surface area contributed by atoms with Crippen LogP contribution in [0.2, 0.25) is 0 Å². The van der Waals surface area contributed by atoms with Gasteiger partial charge in [0.15, 0.2) is 23.4 Å². The Bertz CT molecular complexity index is 1550. The first-order chi connectivity index (χ1) is 20.2. The molecule has 0 bridgehead atoms. The van der Waals surface area contributed by atoms with Crippen molar-refractivity contribution in [3.63, 3.8) is 0 Å². The lowest BCUT2D eigenvalue weighted by Crippen LogP contribution is -2.26. The number of ether oxygens (including phenoxy) is 4. The molecule has 0 aliphatic heterocycles. The molecule has 0 aliphatic carbocycles. The predicted octanol–water partition coefficient (Wildman–Crippen LogP) is 6.13. The summed E-state index contributed by atoms with van der Waals surface area (Å²) < 4.78 is 30.3. The van der Waals surface area contributed by atoms with Gasteiger partial charge < -0.3 is 27.9 Å². The van der Waals surface area contributed by atoms with Gasteiger partial charge in [-0.15, -0.1) is 0 Å². The van der Waals surface area contributed by atoms with Crippen LogP contribution in [0, 0.1) is 13.8 Å². The molecule has 0 radical (unpaired) electrons. The number of benzene rings is 2. The molecule has 1 atom stereocenters. The van der Waals surface area contributed by atoms with Gasteiger partial charge in [-0.25, -0.2) is 10.2 Å². The molecule has 1 amide bonds. The van der Waals surface area contributed by atoms with Gasteiger partial charge in [0.25, 0.3) is 0 Å². The van der Waals surface area contributed by atoms with E-state index in [1.165, 1.54) is 13.3 Å². The van der Waals surface area contributed by atoms with E-state index in [2.05, 4.69) is 57.0 Å². The monoisotopic (exact) mass is 637 g/mol. The second-order valence-corrected chi connectivity index (χ2v) is 10.1.